The van der Waals surface area contributed by atoms with Gasteiger partial charge < -0.3 is 5.11 Å². The molecule has 0 radical (unpaired) electrons. The first-order valence-electron chi connectivity index (χ1n) is 5.48. The number of carbonyl (C=O) groups is 1. The molecule has 5 nitrogen and oxygen atoms in total. The lowest BCUT2D eigenvalue weighted by molar-refractivity contribution is -0.148. The summed E-state index contributed by atoms with van der Waals surface area (Å²) in [6.45, 7) is 5.45. The van der Waals surface area contributed by atoms with Crippen LogP contribution in [0.25, 0.3) is 0 Å². The van der Waals surface area contributed by atoms with Gasteiger partial charge in [-0.2, -0.15) is 0 Å². The van der Waals surface area contributed by atoms with Crippen LogP contribution >= 0.6 is 0 Å². The minimum atomic E-state index is -3.32. The van der Waals surface area contributed by atoms with Crippen molar-refractivity contribution in [2.75, 3.05) is 13.1 Å². The summed E-state index contributed by atoms with van der Waals surface area (Å²) < 4.78 is 25.1. The smallest absolute Gasteiger partial charge is 0.311 e. The van der Waals surface area contributed by atoms with E-state index >= 15 is 0 Å². The first-order valence-corrected chi connectivity index (χ1v) is 6.99. The van der Waals surface area contributed by atoms with Gasteiger partial charge in [-0.1, -0.05) is 6.92 Å². The number of sulfonamides is 1. The molecule has 1 atom stereocenters. The van der Waals surface area contributed by atoms with Crippen molar-refractivity contribution in [1.82, 2.24) is 4.31 Å². The first-order chi connectivity index (χ1) is 7.26. The highest BCUT2D eigenvalue weighted by Gasteiger charge is 2.47. The maximum absolute atomic E-state index is 11.9. The molecule has 1 rings (SSSR count). The Kier molecular flexibility index (Phi) is 3.64. The van der Waals surface area contributed by atoms with Crippen LogP contribution in [0, 0.1) is 5.41 Å². The Morgan fingerprint density at radius 1 is 1.50 bits per heavy atom. The molecule has 0 aromatic heterocycles. The Hall–Kier alpha value is -0.620. The number of carboxylic acid groups (broad SMARTS) is 1. The zero-order chi connectivity index (χ0) is 12.6. The second kappa shape index (κ2) is 4.33. The number of nitrogens with zero attached hydrogens (tertiary/aromatic N) is 1. The summed E-state index contributed by atoms with van der Waals surface area (Å²) in [5, 5.41) is 8.67. The standard InChI is InChI=1S/C10H19NO4S/c1-4-10(9(12)13)5-6-11(7-10)16(14,15)8(2)3/h8H,4-7H2,1-3H3,(H,12,13). The second-order valence-corrected chi connectivity index (χ2v) is 7.11. The summed E-state index contributed by atoms with van der Waals surface area (Å²) in [5.41, 5.74) is -0.887. The fraction of sp³-hybridized carbons (Fsp3) is 0.900. The minimum absolute atomic E-state index is 0.110. The third kappa shape index (κ3) is 2.08. The number of hydrogen-bond acceptors (Lipinski definition) is 3. The third-order valence-corrected chi connectivity index (χ3v) is 5.63. The normalized spacial score (nSPS) is 27.5. The molecular formula is C10H19NO4S. The Morgan fingerprint density at radius 3 is 2.38 bits per heavy atom. The molecule has 1 fully saturated rings. The lowest BCUT2D eigenvalue weighted by Gasteiger charge is -2.23. The Balaban J connectivity index is 2.91. The molecule has 0 saturated carbocycles. The molecular weight excluding hydrogens is 230 g/mol. The van der Waals surface area contributed by atoms with Crippen LogP contribution in [0.4, 0.5) is 0 Å². The highest BCUT2D eigenvalue weighted by molar-refractivity contribution is 7.89. The van der Waals surface area contributed by atoms with Crippen LogP contribution in [0.15, 0.2) is 0 Å². The number of rotatable bonds is 4. The fourth-order valence-corrected chi connectivity index (χ4v) is 3.33. The van der Waals surface area contributed by atoms with E-state index < -0.39 is 26.7 Å². The van der Waals surface area contributed by atoms with Crippen molar-refractivity contribution < 1.29 is 18.3 Å². The molecule has 94 valence electrons. The SMILES string of the molecule is CCC1(C(=O)O)CCN(S(=O)(=O)C(C)C)C1. The van der Waals surface area contributed by atoms with E-state index in [2.05, 4.69) is 0 Å². The van der Waals surface area contributed by atoms with Gasteiger partial charge in [0, 0.05) is 13.1 Å². The van der Waals surface area contributed by atoms with Gasteiger partial charge in [-0.25, -0.2) is 12.7 Å². The zero-order valence-corrected chi connectivity index (χ0v) is 10.7. The van der Waals surface area contributed by atoms with Gasteiger partial charge >= 0.3 is 5.97 Å². The predicted molar refractivity (Wildman–Crippen MR) is 60.6 cm³/mol. The molecule has 0 aromatic carbocycles. The Labute approximate surface area is 96.5 Å². The van der Waals surface area contributed by atoms with Crippen molar-refractivity contribution in [1.29, 1.82) is 0 Å². The van der Waals surface area contributed by atoms with E-state index in [9.17, 15) is 13.2 Å². The van der Waals surface area contributed by atoms with Crippen LogP contribution in [0.1, 0.15) is 33.6 Å². The molecule has 16 heavy (non-hydrogen) atoms. The number of carboxylic acids is 1. The maximum atomic E-state index is 11.9. The van der Waals surface area contributed by atoms with Gasteiger partial charge in [0.25, 0.3) is 0 Å². The predicted octanol–water partition coefficient (Wildman–Crippen LogP) is 0.911. The average molecular weight is 249 g/mol. The van der Waals surface area contributed by atoms with Crippen molar-refractivity contribution in [2.24, 2.45) is 5.41 Å². The zero-order valence-electron chi connectivity index (χ0n) is 9.93. The van der Waals surface area contributed by atoms with Crippen LogP contribution in [0.2, 0.25) is 0 Å². The third-order valence-electron chi connectivity index (χ3n) is 3.40. The van der Waals surface area contributed by atoms with E-state index in [1.807, 2.05) is 0 Å². The van der Waals surface area contributed by atoms with E-state index in [4.69, 9.17) is 5.11 Å². The van der Waals surface area contributed by atoms with E-state index in [1.54, 1.807) is 20.8 Å². The van der Waals surface area contributed by atoms with Gasteiger partial charge in [-0.15, -0.1) is 0 Å². The summed E-state index contributed by atoms with van der Waals surface area (Å²) in [4.78, 5) is 11.2. The highest BCUT2D eigenvalue weighted by Crippen LogP contribution is 2.36. The van der Waals surface area contributed by atoms with Gasteiger partial charge in [0.1, 0.15) is 0 Å². The van der Waals surface area contributed by atoms with Gasteiger partial charge in [-0.3, -0.25) is 4.79 Å². The van der Waals surface area contributed by atoms with E-state index in [-0.39, 0.29) is 6.54 Å². The summed E-state index contributed by atoms with van der Waals surface area (Å²) in [7, 11) is -3.32. The monoisotopic (exact) mass is 249 g/mol. The second-order valence-electron chi connectivity index (χ2n) is 4.62. The summed E-state index contributed by atoms with van der Waals surface area (Å²) in [6, 6.07) is 0. The number of hydrogen-bond donors (Lipinski definition) is 1. The van der Waals surface area contributed by atoms with Crippen molar-refractivity contribution in [3.05, 3.63) is 0 Å². The fourth-order valence-electron chi connectivity index (χ4n) is 1.96. The first kappa shape index (κ1) is 13.4. The minimum Gasteiger partial charge on any atom is -0.481 e. The number of aliphatic carboxylic acids is 1. The summed E-state index contributed by atoms with van der Waals surface area (Å²) in [6.07, 6.45) is 0.872. The molecule has 1 N–H and O–H groups in total. The van der Waals surface area contributed by atoms with Crippen LogP contribution < -0.4 is 0 Å². The van der Waals surface area contributed by atoms with E-state index in [1.165, 1.54) is 4.31 Å². The molecule has 1 saturated heterocycles. The van der Waals surface area contributed by atoms with Gasteiger partial charge in [0.15, 0.2) is 0 Å². The molecule has 1 heterocycles. The maximum Gasteiger partial charge on any atom is 0.311 e. The van der Waals surface area contributed by atoms with Crippen LogP contribution in [-0.2, 0) is 14.8 Å². The molecule has 0 bridgehead atoms. The van der Waals surface area contributed by atoms with Crippen LogP contribution in [-0.4, -0.2) is 42.1 Å². The molecule has 1 unspecified atom stereocenters. The van der Waals surface area contributed by atoms with Crippen LogP contribution in [0.3, 0.4) is 0 Å². The summed E-state index contributed by atoms with van der Waals surface area (Å²) >= 11 is 0. The van der Waals surface area contributed by atoms with Gasteiger partial charge in [0.2, 0.25) is 10.0 Å². The highest BCUT2D eigenvalue weighted by atomic mass is 32.2. The topological polar surface area (TPSA) is 74.7 Å². The van der Waals surface area contributed by atoms with E-state index in [0.29, 0.717) is 19.4 Å². The molecule has 1 aliphatic heterocycles. The van der Waals surface area contributed by atoms with Crippen LogP contribution in [0.5, 0.6) is 0 Å². The molecule has 0 amide bonds. The van der Waals surface area contributed by atoms with Gasteiger partial charge in [-0.05, 0) is 26.7 Å². The van der Waals surface area contributed by atoms with Gasteiger partial charge in [0.05, 0.1) is 10.7 Å². The molecule has 0 aromatic rings. The largest absolute Gasteiger partial charge is 0.481 e. The molecule has 0 spiro atoms. The van der Waals surface area contributed by atoms with E-state index in [0.717, 1.165) is 0 Å². The van der Waals surface area contributed by atoms with Crippen molar-refractivity contribution in [3.8, 4) is 0 Å². The molecule has 6 heteroatoms. The lowest BCUT2D eigenvalue weighted by atomic mass is 9.85. The Morgan fingerprint density at radius 2 is 2.06 bits per heavy atom. The van der Waals surface area contributed by atoms with Crippen molar-refractivity contribution in [3.63, 3.8) is 0 Å². The Bertz CT molecular complexity index is 376. The van der Waals surface area contributed by atoms with Crippen molar-refractivity contribution in [2.45, 2.75) is 38.9 Å². The average Bonchev–Trinajstić information content (AvgIpc) is 2.63. The molecule has 0 aliphatic carbocycles. The lowest BCUT2D eigenvalue weighted by Crippen LogP contribution is -2.39. The van der Waals surface area contributed by atoms with Crippen molar-refractivity contribution >= 4 is 16.0 Å². The quantitative estimate of drug-likeness (QED) is 0.803. The summed E-state index contributed by atoms with van der Waals surface area (Å²) in [5.74, 6) is -0.892. The molecule has 1 aliphatic rings.